The molecule has 0 saturated heterocycles. The Bertz CT molecular complexity index is 212. The van der Waals surface area contributed by atoms with Crippen molar-refractivity contribution >= 4 is 5.97 Å². The molecule has 0 aromatic rings. The minimum atomic E-state index is -0.521. The maximum absolute atomic E-state index is 11.2. The maximum Gasteiger partial charge on any atom is 0.326 e. The summed E-state index contributed by atoms with van der Waals surface area (Å²) < 4.78 is 14.4. The Hall–Kier alpha value is -1.19. The summed E-state index contributed by atoms with van der Waals surface area (Å²) in [4.78, 5) is 11.2. The number of carbonyl (C=O) groups is 1. The summed E-state index contributed by atoms with van der Waals surface area (Å²) in [6.07, 6.45) is 1.28. The van der Waals surface area contributed by atoms with Crippen LogP contribution in [0.15, 0.2) is 12.2 Å². The molecule has 1 rings (SSSR count). The lowest BCUT2D eigenvalue weighted by Gasteiger charge is -2.15. The first kappa shape index (κ1) is 8.90. The van der Waals surface area contributed by atoms with E-state index >= 15 is 0 Å². The molecule has 0 bridgehead atoms. The molecule has 0 aromatic carbocycles. The molecular formula is C8H12O4. The fourth-order valence-electron chi connectivity index (χ4n) is 0.526. The predicted molar refractivity (Wildman–Crippen MR) is 40.7 cm³/mol. The molecule has 0 atom stereocenters. The van der Waals surface area contributed by atoms with Gasteiger partial charge in [-0.2, -0.15) is 0 Å². The lowest BCUT2D eigenvalue weighted by atomic mass is 9.97. The number of carbonyl (C=O) groups excluding carboxylic acids is 1. The van der Waals surface area contributed by atoms with Crippen LogP contribution in [-0.2, 0) is 19.0 Å². The van der Waals surface area contributed by atoms with Crippen molar-refractivity contribution in [2.45, 2.75) is 20.8 Å². The van der Waals surface area contributed by atoms with Crippen LogP contribution in [0, 0.1) is 5.41 Å². The molecule has 1 aliphatic heterocycles. The largest absolute Gasteiger partial charge is 0.458 e. The lowest BCUT2D eigenvalue weighted by Crippen LogP contribution is -2.22. The third kappa shape index (κ3) is 2.15. The second kappa shape index (κ2) is 3.05. The molecule has 0 spiro atoms. The van der Waals surface area contributed by atoms with E-state index in [0.29, 0.717) is 0 Å². The van der Waals surface area contributed by atoms with Crippen LogP contribution < -0.4 is 0 Å². The van der Waals surface area contributed by atoms with Gasteiger partial charge in [-0.05, 0) is 20.8 Å². The molecule has 0 radical (unpaired) electrons. The van der Waals surface area contributed by atoms with Crippen LogP contribution in [0.5, 0.6) is 0 Å². The van der Waals surface area contributed by atoms with E-state index in [1.54, 1.807) is 20.8 Å². The van der Waals surface area contributed by atoms with E-state index in [4.69, 9.17) is 14.2 Å². The van der Waals surface area contributed by atoms with Gasteiger partial charge in [0.05, 0.1) is 5.41 Å². The molecule has 12 heavy (non-hydrogen) atoms. The molecule has 1 aliphatic rings. The third-order valence-corrected chi connectivity index (χ3v) is 1.25. The Morgan fingerprint density at radius 3 is 2.67 bits per heavy atom. The van der Waals surface area contributed by atoms with Crippen molar-refractivity contribution in [1.82, 2.24) is 0 Å². The van der Waals surface area contributed by atoms with Crippen LogP contribution in [0.2, 0.25) is 0 Å². The van der Waals surface area contributed by atoms with E-state index in [2.05, 4.69) is 0 Å². The fraction of sp³-hybridized carbons (Fsp3) is 0.625. The zero-order chi connectivity index (χ0) is 9.19. The molecule has 0 N–H and O–H groups in total. The van der Waals surface area contributed by atoms with Gasteiger partial charge in [0, 0.05) is 0 Å². The number of hydrogen-bond donors (Lipinski definition) is 0. The van der Waals surface area contributed by atoms with Gasteiger partial charge in [-0.3, -0.25) is 4.79 Å². The van der Waals surface area contributed by atoms with E-state index in [9.17, 15) is 4.79 Å². The van der Waals surface area contributed by atoms with Gasteiger partial charge in [0.1, 0.15) is 0 Å². The molecule has 0 fully saturated rings. The monoisotopic (exact) mass is 172 g/mol. The molecule has 0 unspecified atom stereocenters. The molecule has 68 valence electrons. The van der Waals surface area contributed by atoms with Crippen molar-refractivity contribution in [3.8, 4) is 0 Å². The SMILES string of the molecule is CC(C)(C)C(=O)OC1=COCO1. The van der Waals surface area contributed by atoms with E-state index in [1.807, 2.05) is 0 Å². The normalized spacial score (nSPS) is 16.1. The number of hydrogen-bond acceptors (Lipinski definition) is 4. The zero-order valence-electron chi connectivity index (χ0n) is 7.42. The lowest BCUT2D eigenvalue weighted by molar-refractivity contribution is -0.154. The van der Waals surface area contributed by atoms with Gasteiger partial charge in [0.25, 0.3) is 0 Å². The van der Waals surface area contributed by atoms with Gasteiger partial charge in [-0.1, -0.05) is 0 Å². The first-order valence-corrected chi connectivity index (χ1v) is 3.67. The van der Waals surface area contributed by atoms with Crippen molar-refractivity contribution in [3.63, 3.8) is 0 Å². The van der Waals surface area contributed by atoms with Gasteiger partial charge in [-0.25, -0.2) is 0 Å². The average molecular weight is 172 g/mol. The molecule has 1 heterocycles. The van der Waals surface area contributed by atoms with Crippen LogP contribution in [0.4, 0.5) is 0 Å². The molecule has 0 saturated carbocycles. The fourth-order valence-corrected chi connectivity index (χ4v) is 0.526. The number of ether oxygens (including phenoxy) is 3. The highest BCUT2D eigenvalue weighted by Gasteiger charge is 2.26. The van der Waals surface area contributed by atoms with E-state index in [0.717, 1.165) is 0 Å². The smallest absolute Gasteiger partial charge is 0.326 e. The summed E-state index contributed by atoms with van der Waals surface area (Å²) in [6, 6.07) is 0. The second-order valence-electron chi connectivity index (χ2n) is 3.51. The van der Waals surface area contributed by atoms with Gasteiger partial charge in [0.15, 0.2) is 6.26 Å². The highest BCUT2D eigenvalue weighted by atomic mass is 16.8. The summed E-state index contributed by atoms with van der Waals surface area (Å²) in [5, 5.41) is 0. The van der Waals surface area contributed by atoms with Crippen molar-refractivity contribution in [2.24, 2.45) is 5.41 Å². The minimum absolute atomic E-state index is 0.118. The average Bonchev–Trinajstić information content (AvgIpc) is 2.37. The quantitative estimate of drug-likeness (QED) is 0.560. The molecule has 4 nitrogen and oxygen atoms in total. The summed E-state index contributed by atoms with van der Waals surface area (Å²) >= 11 is 0. The van der Waals surface area contributed by atoms with Crippen LogP contribution >= 0.6 is 0 Å². The zero-order valence-corrected chi connectivity index (χ0v) is 7.42. The molecule has 0 aliphatic carbocycles. The number of esters is 1. The topological polar surface area (TPSA) is 44.8 Å². The Kier molecular flexibility index (Phi) is 2.26. The first-order chi connectivity index (χ1) is 5.50. The summed E-state index contributed by atoms with van der Waals surface area (Å²) in [5.41, 5.74) is -0.521. The first-order valence-electron chi connectivity index (χ1n) is 3.67. The molecule has 4 heteroatoms. The molecule has 0 aromatic heterocycles. The highest BCUT2D eigenvalue weighted by Crippen LogP contribution is 2.19. The summed E-state index contributed by atoms with van der Waals surface area (Å²) in [7, 11) is 0. The Labute approximate surface area is 71.1 Å². The van der Waals surface area contributed by atoms with Crippen LogP contribution in [0.1, 0.15) is 20.8 Å². The summed E-state index contributed by atoms with van der Waals surface area (Å²) in [5.74, 6) is -0.200. The van der Waals surface area contributed by atoms with Crippen molar-refractivity contribution in [3.05, 3.63) is 12.2 Å². The van der Waals surface area contributed by atoms with E-state index in [1.165, 1.54) is 6.26 Å². The third-order valence-electron chi connectivity index (χ3n) is 1.25. The minimum Gasteiger partial charge on any atom is -0.458 e. The Morgan fingerprint density at radius 2 is 2.25 bits per heavy atom. The van der Waals surface area contributed by atoms with Crippen LogP contribution in [-0.4, -0.2) is 12.8 Å². The Balaban J connectivity index is 2.46. The van der Waals surface area contributed by atoms with Crippen molar-refractivity contribution in [1.29, 1.82) is 0 Å². The molecular weight excluding hydrogens is 160 g/mol. The van der Waals surface area contributed by atoms with Gasteiger partial charge >= 0.3 is 11.9 Å². The van der Waals surface area contributed by atoms with Crippen LogP contribution in [0.25, 0.3) is 0 Å². The standard InChI is InChI=1S/C8H12O4/c1-8(2,3)7(9)12-6-4-10-5-11-6/h4H,5H2,1-3H3. The van der Waals surface area contributed by atoms with Crippen LogP contribution in [0.3, 0.4) is 0 Å². The van der Waals surface area contributed by atoms with Gasteiger partial charge in [0.2, 0.25) is 6.79 Å². The van der Waals surface area contributed by atoms with E-state index < -0.39 is 5.41 Å². The van der Waals surface area contributed by atoms with E-state index in [-0.39, 0.29) is 18.7 Å². The maximum atomic E-state index is 11.2. The molecule has 0 amide bonds. The van der Waals surface area contributed by atoms with Gasteiger partial charge < -0.3 is 14.2 Å². The Morgan fingerprint density at radius 1 is 1.58 bits per heavy atom. The van der Waals surface area contributed by atoms with Crippen molar-refractivity contribution < 1.29 is 19.0 Å². The van der Waals surface area contributed by atoms with Gasteiger partial charge in [-0.15, -0.1) is 0 Å². The summed E-state index contributed by atoms with van der Waals surface area (Å²) in [6.45, 7) is 5.43. The predicted octanol–water partition coefficient (Wildman–Crippen LogP) is 1.38. The van der Waals surface area contributed by atoms with Crippen molar-refractivity contribution in [2.75, 3.05) is 6.79 Å². The number of rotatable bonds is 1. The highest BCUT2D eigenvalue weighted by molar-refractivity contribution is 5.76. The second-order valence-corrected chi connectivity index (χ2v) is 3.51.